The molecule has 0 unspecified atom stereocenters. The first-order valence-electron chi connectivity index (χ1n) is 3.84. The van der Waals surface area contributed by atoms with Crippen molar-refractivity contribution in [1.29, 1.82) is 5.26 Å². The maximum atomic E-state index is 8.76. The maximum Gasteiger partial charge on any atom is 0.144 e. The van der Waals surface area contributed by atoms with Crippen LogP contribution >= 0.6 is 39.1 Å². The van der Waals surface area contributed by atoms with Crippen LogP contribution in [0.2, 0.25) is 10.2 Å². The molecule has 0 radical (unpaired) electrons. The monoisotopic (exact) mass is 301 g/mol. The molecule has 2 heterocycles. The highest BCUT2D eigenvalue weighted by Crippen LogP contribution is 2.29. The Labute approximate surface area is 104 Å². The average Bonchev–Trinajstić information content (AvgIpc) is 2.22. The van der Waals surface area contributed by atoms with Gasteiger partial charge in [-0.15, -0.1) is 0 Å². The van der Waals surface area contributed by atoms with Crippen molar-refractivity contribution in [2.45, 2.75) is 0 Å². The summed E-state index contributed by atoms with van der Waals surface area (Å²) < 4.78 is 0.643. The summed E-state index contributed by atoms with van der Waals surface area (Å²) in [5.74, 6) is 0. The van der Waals surface area contributed by atoms with Gasteiger partial charge >= 0.3 is 0 Å². The summed E-state index contributed by atoms with van der Waals surface area (Å²) in [5.41, 5.74) is 1.31. The van der Waals surface area contributed by atoms with Crippen LogP contribution in [0.3, 0.4) is 0 Å². The van der Waals surface area contributed by atoms with E-state index in [-0.39, 0.29) is 10.6 Å². The minimum atomic E-state index is 0.275. The predicted molar refractivity (Wildman–Crippen MR) is 62.0 cm³/mol. The molecule has 0 aliphatic carbocycles. The van der Waals surface area contributed by atoms with E-state index >= 15 is 0 Å². The van der Waals surface area contributed by atoms with E-state index in [1.165, 1.54) is 6.20 Å². The number of aromatic nitrogens is 2. The van der Waals surface area contributed by atoms with Crippen molar-refractivity contribution >= 4 is 50.2 Å². The molecular formula is C9H2BrCl2N3. The molecule has 0 aliphatic heterocycles. The summed E-state index contributed by atoms with van der Waals surface area (Å²) in [6.07, 6.45) is 1.41. The van der Waals surface area contributed by atoms with Gasteiger partial charge in [-0.3, -0.25) is 4.98 Å². The molecule has 15 heavy (non-hydrogen) atoms. The molecule has 0 aliphatic rings. The van der Waals surface area contributed by atoms with E-state index in [4.69, 9.17) is 28.5 Å². The molecule has 2 aromatic heterocycles. The summed E-state index contributed by atoms with van der Waals surface area (Å²) in [4.78, 5) is 8.11. The normalized spacial score (nSPS) is 10.3. The topological polar surface area (TPSA) is 49.6 Å². The van der Waals surface area contributed by atoms with Gasteiger partial charge in [0.2, 0.25) is 0 Å². The molecule has 3 nitrogen and oxygen atoms in total. The summed E-state index contributed by atoms with van der Waals surface area (Å²) in [5, 5.41) is 9.33. The Balaban J connectivity index is 2.89. The van der Waals surface area contributed by atoms with Gasteiger partial charge in [-0.05, 0) is 22.0 Å². The number of nitriles is 1. The van der Waals surface area contributed by atoms with Crippen LogP contribution in [0.5, 0.6) is 0 Å². The van der Waals surface area contributed by atoms with Gasteiger partial charge in [-0.25, -0.2) is 4.98 Å². The molecule has 0 saturated heterocycles. The van der Waals surface area contributed by atoms with E-state index in [1.54, 1.807) is 6.07 Å². The third-order valence-corrected chi connectivity index (χ3v) is 3.31. The highest BCUT2D eigenvalue weighted by atomic mass is 79.9. The van der Waals surface area contributed by atoms with Gasteiger partial charge in [0.25, 0.3) is 0 Å². The van der Waals surface area contributed by atoms with E-state index in [9.17, 15) is 0 Å². The molecule has 2 aromatic rings. The van der Waals surface area contributed by atoms with Crippen LogP contribution in [0.1, 0.15) is 5.56 Å². The van der Waals surface area contributed by atoms with Crippen LogP contribution in [0.25, 0.3) is 11.0 Å². The fourth-order valence-corrected chi connectivity index (χ4v) is 1.79. The summed E-state index contributed by atoms with van der Waals surface area (Å²) in [7, 11) is 0. The van der Waals surface area contributed by atoms with Crippen LogP contribution in [0.15, 0.2) is 16.7 Å². The zero-order valence-electron chi connectivity index (χ0n) is 7.13. The standard InChI is InChI=1S/C9H2BrCl2N3/c10-5-1-6-8(15-9(5)12)7(11)4(2-13)3-14-6/h1,3H. The number of pyridine rings is 2. The lowest BCUT2D eigenvalue weighted by atomic mass is 10.2. The Bertz CT molecular complexity index is 592. The van der Waals surface area contributed by atoms with Crippen LogP contribution in [0, 0.1) is 11.3 Å². The number of hydrogen-bond acceptors (Lipinski definition) is 3. The molecule has 0 N–H and O–H groups in total. The van der Waals surface area contributed by atoms with Crippen molar-refractivity contribution in [3.05, 3.63) is 32.5 Å². The molecule has 74 valence electrons. The maximum absolute atomic E-state index is 8.76. The second-order valence-electron chi connectivity index (χ2n) is 2.73. The van der Waals surface area contributed by atoms with Gasteiger partial charge in [0, 0.05) is 6.20 Å². The Hall–Kier alpha value is -0.890. The molecule has 0 fully saturated rings. The van der Waals surface area contributed by atoms with Gasteiger partial charge in [-0.2, -0.15) is 5.26 Å². The minimum Gasteiger partial charge on any atom is -0.253 e. The number of rotatable bonds is 0. The number of nitrogens with zero attached hydrogens (tertiary/aromatic N) is 3. The largest absolute Gasteiger partial charge is 0.253 e. The van der Waals surface area contributed by atoms with Crippen molar-refractivity contribution in [3.63, 3.8) is 0 Å². The van der Waals surface area contributed by atoms with Crippen LogP contribution in [-0.4, -0.2) is 9.97 Å². The lowest BCUT2D eigenvalue weighted by molar-refractivity contribution is 1.30. The van der Waals surface area contributed by atoms with E-state index in [0.29, 0.717) is 20.7 Å². The average molecular weight is 303 g/mol. The fraction of sp³-hybridized carbons (Fsp3) is 0. The fourth-order valence-electron chi connectivity index (χ4n) is 1.11. The molecule has 0 aromatic carbocycles. The van der Waals surface area contributed by atoms with Crippen molar-refractivity contribution in [2.75, 3.05) is 0 Å². The van der Waals surface area contributed by atoms with Crippen LogP contribution in [-0.2, 0) is 0 Å². The van der Waals surface area contributed by atoms with E-state index in [0.717, 1.165) is 0 Å². The highest BCUT2D eigenvalue weighted by molar-refractivity contribution is 9.10. The van der Waals surface area contributed by atoms with Crippen LogP contribution in [0.4, 0.5) is 0 Å². The predicted octanol–water partition coefficient (Wildman–Crippen LogP) is 3.57. The third-order valence-electron chi connectivity index (χ3n) is 1.81. The SMILES string of the molecule is N#Cc1cnc2cc(Br)c(Cl)nc2c1Cl. The van der Waals surface area contributed by atoms with Gasteiger partial charge in [0.05, 0.1) is 20.6 Å². The highest BCUT2D eigenvalue weighted by Gasteiger charge is 2.10. The second-order valence-corrected chi connectivity index (χ2v) is 4.32. The molecule has 0 bridgehead atoms. The number of hydrogen-bond donors (Lipinski definition) is 0. The summed E-state index contributed by atoms with van der Waals surface area (Å²) >= 11 is 15.0. The smallest absolute Gasteiger partial charge is 0.144 e. The first kappa shape index (κ1) is 10.6. The van der Waals surface area contributed by atoms with Gasteiger partial charge in [0.1, 0.15) is 16.7 Å². The molecule has 6 heteroatoms. The van der Waals surface area contributed by atoms with Crippen molar-refractivity contribution in [3.8, 4) is 6.07 Å². The second kappa shape index (κ2) is 3.93. The number of fused-ring (bicyclic) bond motifs is 1. The van der Waals surface area contributed by atoms with Gasteiger partial charge < -0.3 is 0 Å². The molecular weight excluding hydrogens is 301 g/mol. The quantitative estimate of drug-likeness (QED) is 0.699. The summed E-state index contributed by atoms with van der Waals surface area (Å²) in [6.45, 7) is 0. The van der Waals surface area contributed by atoms with E-state index in [2.05, 4.69) is 25.9 Å². The zero-order valence-corrected chi connectivity index (χ0v) is 10.2. The van der Waals surface area contributed by atoms with Crippen molar-refractivity contribution in [2.24, 2.45) is 0 Å². The Kier molecular flexibility index (Phi) is 2.79. The lowest BCUT2D eigenvalue weighted by Crippen LogP contribution is -1.89. The van der Waals surface area contributed by atoms with Crippen LogP contribution < -0.4 is 0 Å². The van der Waals surface area contributed by atoms with Gasteiger partial charge in [0.15, 0.2) is 0 Å². The van der Waals surface area contributed by atoms with E-state index < -0.39 is 0 Å². The minimum absolute atomic E-state index is 0.275. The molecule has 2 rings (SSSR count). The summed E-state index contributed by atoms with van der Waals surface area (Å²) in [6, 6.07) is 3.64. The molecule has 0 atom stereocenters. The molecule has 0 spiro atoms. The molecule has 0 amide bonds. The Morgan fingerprint density at radius 2 is 2.13 bits per heavy atom. The first-order valence-corrected chi connectivity index (χ1v) is 5.38. The molecule has 0 saturated carbocycles. The third kappa shape index (κ3) is 1.78. The lowest BCUT2D eigenvalue weighted by Gasteiger charge is -2.02. The Morgan fingerprint density at radius 1 is 1.40 bits per heavy atom. The number of halogens is 3. The Morgan fingerprint density at radius 3 is 2.80 bits per heavy atom. The van der Waals surface area contributed by atoms with Gasteiger partial charge in [-0.1, -0.05) is 23.2 Å². The zero-order chi connectivity index (χ0) is 11.0. The van der Waals surface area contributed by atoms with E-state index in [1.807, 2.05) is 6.07 Å². The van der Waals surface area contributed by atoms with Crippen molar-refractivity contribution < 1.29 is 0 Å². The first-order chi connectivity index (χ1) is 7.13. The van der Waals surface area contributed by atoms with Crippen molar-refractivity contribution in [1.82, 2.24) is 9.97 Å².